The molecule has 1 atom stereocenters. The van der Waals surface area contributed by atoms with E-state index in [1.165, 1.54) is 0 Å². The van der Waals surface area contributed by atoms with Gasteiger partial charge in [-0.15, -0.1) is 0 Å². The molecule has 0 fully saturated rings. The van der Waals surface area contributed by atoms with Crippen molar-refractivity contribution in [3.63, 3.8) is 0 Å². The molecular weight excluding hydrogens is 117 g/mol. The van der Waals surface area contributed by atoms with Gasteiger partial charge in [0.1, 0.15) is 5.83 Å². The number of hydrogen-bond acceptors (Lipinski definition) is 1. The van der Waals surface area contributed by atoms with Gasteiger partial charge in [0.25, 0.3) is 0 Å². The van der Waals surface area contributed by atoms with Crippen LogP contribution in [0.25, 0.3) is 0 Å². The van der Waals surface area contributed by atoms with Crippen molar-refractivity contribution in [2.45, 2.75) is 20.3 Å². The molecule has 1 heterocycles. The lowest BCUT2D eigenvalue weighted by Crippen LogP contribution is -2.02. The number of halogens is 1. The van der Waals surface area contributed by atoms with E-state index in [1.54, 1.807) is 13.1 Å². The minimum atomic E-state index is -0.0648. The van der Waals surface area contributed by atoms with Crippen molar-refractivity contribution >= 4 is 6.21 Å². The van der Waals surface area contributed by atoms with Crippen molar-refractivity contribution in [1.29, 1.82) is 0 Å². The van der Waals surface area contributed by atoms with Gasteiger partial charge in [0.05, 0.1) is 5.70 Å². The first-order valence-corrected chi connectivity index (χ1v) is 3.09. The quantitative estimate of drug-likeness (QED) is 0.473. The van der Waals surface area contributed by atoms with Crippen molar-refractivity contribution in [2.24, 2.45) is 10.9 Å². The van der Waals surface area contributed by atoms with Crippen molar-refractivity contribution < 1.29 is 4.39 Å². The number of nitrogens with zero attached hydrogens (tertiary/aromatic N) is 1. The fourth-order valence-electron chi connectivity index (χ4n) is 0.792. The fraction of sp³-hybridized carbons (Fsp3) is 0.571. The van der Waals surface area contributed by atoms with E-state index < -0.39 is 0 Å². The molecule has 1 aliphatic rings. The summed E-state index contributed by atoms with van der Waals surface area (Å²) in [7, 11) is 0. The molecule has 0 bridgehead atoms. The molecule has 0 amide bonds. The number of aliphatic imine (C=N–C) groups is 1. The zero-order valence-electron chi connectivity index (χ0n) is 5.69. The summed E-state index contributed by atoms with van der Waals surface area (Å²) >= 11 is 0. The average molecular weight is 127 g/mol. The van der Waals surface area contributed by atoms with E-state index in [4.69, 9.17) is 0 Å². The molecular formula is C7H10FN. The van der Waals surface area contributed by atoms with Crippen LogP contribution in [0.2, 0.25) is 0 Å². The Kier molecular flexibility index (Phi) is 1.65. The molecule has 50 valence electrons. The molecule has 2 heteroatoms. The predicted octanol–water partition coefficient (Wildman–Crippen LogP) is 2.30. The van der Waals surface area contributed by atoms with Gasteiger partial charge in [-0.25, -0.2) is 4.39 Å². The second kappa shape index (κ2) is 2.29. The van der Waals surface area contributed by atoms with E-state index in [9.17, 15) is 4.39 Å². The van der Waals surface area contributed by atoms with Crippen LogP contribution < -0.4 is 0 Å². The Morgan fingerprint density at radius 3 is 2.89 bits per heavy atom. The van der Waals surface area contributed by atoms with Crippen molar-refractivity contribution in [1.82, 2.24) is 0 Å². The van der Waals surface area contributed by atoms with E-state index in [2.05, 4.69) is 4.99 Å². The highest BCUT2D eigenvalue weighted by Gasteiger charge is 2.09. The Morgan fingerprint density at radius 2 is 2.44 bits per heavy atom. The summed E-state index contributed by atoms with van der Waals surface area (Å²) in [5.74, 6) is 0.207. The highest BCUT2D eigenvalue weighted by molar-refractivity contribution is 5.63. The Bertz CT molecular complexity index is 170. The number of hydrogen-bond donors (Lipinski definition) is 0. The van der Waals surface area contributed by atoms with Gasteiger partial charge in [-0.05, 0) is 12.8 Å². The van der Waals surface area contributed by atoms with Gasteiger partial charge in [-0.1, -0.05) is 6.92 Å². The number of allylic oxidation sites excluding steroid dienone is 2. The molecule has 0 aliphatic carbocycles. The first-order valence-electron chi connectivity index (χ1n) is 3.09. The van der Waals surface area contributed by atoms with Crippen LogP contribution in [0.4, 0.5) is 4.39 Å². The van der Waals surface area contributed by atoms with Crippen LogP contribution >= 0.6 is 0 Å². The molecule has 1 aliphatic heterocycles. The van der Waals surface area contributed by atoms with Crippen LogP contribution in [0.3, 0.4) is 0 Å². The Morgan fingerprint density at radius 1 is 1.78 bits per heavy atom. The van der Waals surface area contributed by atoms with Crippen LogP contribution in [0, 0.1) is 5.92 Å². The van der Waals surface area contributed by atoms with Crippen molar-refractivity contribution in [3.8, 4) is 0 Å². The normalized spacial score (nSPS) is 27.2. The Labute approximate surface area is 54.3 Å². The maximum absolute atomic E-state index is 12.6. The molecule has 0 spiro atoms. The van der Waals surface area contributed by atoms with Crippen LogP contribution in [0.5, 0.6) is 0 Å². The largest absolute Gasteiger partial charge is 0.263 e. The average Bonchev–Trinajstić information content (AvgIpc) is 1.80. The minimum absolute atomic E-state index is 0.0648. The Balaban J connectivity index is 2.75. The summed E-state index contributed by atoms with van der Waals surface area (Å²) in [6.45, 7) is 3.65. The van der Waals surface area contributed by atoms with Crippen molar-refractivity contribution in [3.05, 3.63) is 11.5 Å². The van der Waals surface area contributed by atoms with Gasteiger partial charge in [0.2, 0.25) is 0 Å². The first-order chi connectivity index (χ1) is 4.20. The third-order valence-electron chi connectivity index (χ3n) is 1.42. The summed E-state index contributed by atoms with van der Waals surface area (Å²) < 4.78 is 12.6. The second-order valence-corrected chi connectivity index (χ2v) is 2.45. The fourth-order valence-corrected chi connectivity index (χ4v) is 0.792. The topological polar surface area (TPSA) is 12.4 Å². The summed E-state index contributed by atoms with van der Waals surface area (Å²) in [4.78, 5) is 3.87. The van der Waals surface area contributed by atoms with Crippen LogP contribution in [-0.4, -0.2) is 6.21 Å². The predicted molar refractivity (Wildman–Crippen MR) is 36.1 cm³/mol. The lowest BCUT2D eigenvalue weighted by Gasteiger charge is -2.09. The summed E-state index contributed by atoms with van der Waals surface area (Å²) in [5, 5.41) is 0. The third-order valence-corrected chi connectivity index (χ3v) is 1.42. The first kappa shape index (κ1) is 6.46. The maximum Gasteiger partial charge on any atom is 0.122 e. The van der Waals surface area contributed by atoms with E-state index in [0.29, 0.717) is 12.1 Å². The van der Waals surface area contributed by atoms with Gasteiger partial charge >= 0.3 is 0 Å². The van der Waals surface area contributed by atoms with Crippen LogP contribution in [0.1, 0.15) is 20.3 Å². The molecule has 1 rings (SSSR count). The molecule has 1 nitrogen and oxygen atoms in total. The second-order valence-electron chi connectivity index (χ2n) is 2.45. The highest BCUT2D eigenvalue weighted by atomic mass is 19.1. The van der Waals surface area contributed by atoms with Gasteiger partial charge in [-0.3, -0.25) is 4.99 Å². The molecule has 0 saturated heterocycles. The molecule has 0 N–H and O–H groups in total. The molecule has 0 radical (unpaired) electrons. The summed E-state index contributed by atoms with van der Waals surface area (Å²) in [6.07, 6.45) is 2.31. The summed E-state index contributed by atoms with van der Waals surface area (Å²) in [6, 6.07) is 0. The zero-order chi connectivity index (χ0) is 6.85. The minimum Gasteiger partial charge on any atom is -0.263 e. The third kappa shape index (κ3) is 1.37. The zero-order valence-corrected chi connectivity index (χ0v) is 5.69. The molecule has 1 unspecified atom stereocenters. The molecule has 0 saturated carbocycles. The van der Waals surface area contributed by atoms with Gasteiger partial charge in [-0.2, -0.15) is 0 Å². The van der Waals surface area contributed by atoms with E-state index in [0.717, 1.165) is 0 Å². The van der Waals surface area contributed by atoms with Crippen LogP contribution in [0.15, 0.2) is 16.5 Å². The molecule has 0 aromatic rings. The van der Waals surface area contributed by atoms with Gasteiger partial charge in [0.15, 0.2) is 0 Å². The lowest BCUT2D eigenvalue weighted by atomic mass is 10.1. The summed E-state index contributed by atoms with van der Waals surface area (Å²) in [5.41, 5.74) is 0.535. The highest BCUT2D eigenvalue weighted by Crippen LogP contribution is 2.20. The number of rotatable bonds is 0. The van der Waals surface area contributed by atoms with E-state index in [1.807, 2.05) is 6.92 Å². The molecule has 9 heavy (non-hydrogen) atoms. The SMILES string of the molecule is CC1=C(F)CC(C)C=N1. The monoisotopic (exact) mass is 127 g/mol. The maximum atomic E-state index is 12.6. The van der Waals surface area contributed by atoms with E-state index >= 15 is 0 Å². The standard InChI is InChI=1S/C7H10FN/c1-5-3-7(8)6(2)9-4-5/h4-5H,3H2,1-2H3. The van der Waals surface area contributed by atoms with Crippen LogP contribution in [-0.2, 0) is 0 Å². The molecule has 0 aromatic carbocycles. The van der Waals surface area contributed by atoms with E-state index in [-0.39, 0.29) is 11.7 Å². The van der Waals surface area contributed by atoms with Gasteiger partial charge < -0.3 is 0 Å². The smallest absolute Gasteiger partial charge is 0.122 e. The lowest BCUT2D eigenvalue weighted by molar-refractivity contribution is 0.537. The molecule has 0 aromatic heterocycles. The van der Waals surface area contributed by atoms with Crippen molar-refractivity contribution in [2.75, 3.05) is 0 Å². The van der Waals surface area contributed by atoms with Gasteiger partial charge in [0, 0.05) is 12.6 Å². The Hall–Kier alpha value is -0.660.